The van der Waals surface area contributed by atoms with E-state index in [2.05, 4.69) is 12.2 Å². The van der Waals surface area contributed by atoms with Gasteiger partial charge in [-0.2, -0.15) is 0 Å². The van der Waals surface area contributed by atoms with Crippen LogP contribution >= 0.6 is 0 Å². The molecule has 1 saturated carbocycles. The smallest absolute Gasteiger partial charge is 0.326 e. The van der Waals surface area contributed by atoms with Gasteiger partial charge >= 0.3 is 5.97 Å². The monoisotopic (exact) mass is 439 g/mol. The number of likely N-dealkylation sites (tertiary alicyclic amines) is 1. The fourth-order valence-corrected chi connectivity index (χ4v) is 4.37. The molecule has 0 aromatic heterocycles. The third kappa shape index (κ3) is 6.29. The topological polar surface area (TPSA) is 113 Å². The Morgan fingerprint density at radius 3 is 2.38 bits per heavy atom. The van der Waals surface area contributed by atoms with Crippen LogP contribution in [0.1, 0.15) is 55.8 Å². The van der Waals surface area contributed by atoms with Gasteiger partial charge in [-0.05, 0) is 35.2 Å². The molecule has 1 aliphatic heterocycles. The van der Waals surface area contributed by atoms with Crippen molar-refractivity contribution in [2.75, 3.05) is 13.1 Å². The molecular weight excluding hydrogens is 406 g/mol. The fraction of sp³-hybridized carbons (Fsp3) is 0.480. The number of rotatable bonds is 4. The maximum atomic E-state index is 12.3. The molecule has 0 bridgehead atoms. The number of nitrogens with one attached hydrogen (secondary N) is 1. The Bertz CT molecular complexity index is 955. The standard InChI is InChI=1S/C18H19N3O4.C7H14/c19-14-8-15(18(24)25)21(10-14)16(22)9-20-17(23)13-6-5-11-3-1-2-4-12(11)7-13;1-7-5-3-2-4-6-7/h1-7,14-15H,8-10,19H2,(H,20,23)(H,24,25);7H,2-6H2,1H3. The van der Waals surface area contributed by atoms with Crippen molar-refractivity contribution < 1.29 is 19.5 Å². The van der Waals surface area contributed by atoms with E-state index in [1.165, 1.54) is 37.0 Å². The van der Waals surface area contributed by atoms with Gasteiger partial charge in [0, 0.05) is 18.2 Å². The highest BCUT2D eigenvalue weighted by atomic mass is 16.4. The van der Waals surface area contributed by atoms with Crippen LogP contribution in [0, 0.1) is 5.92 Å². The number of aliphatic carboxylic acids is 1. The van der Waals surface area contributed by atoms with Gasteiger partial charge < -0.3 is 21.1 Å². The van der Waals surface area contributed by atoms with Gasteiger partial charge in [0.15, 0.2) is 0 Å². The number of carboxylic acids is 1. The zero-order chi connectivity index (χ0) is 23.1. The van der Waals surface area contributed by atoms with Crippen LogP contribution in [0.25, 0.3) is 10.8 Å². The molecule has 2 aromatic carbocycles. The third-order valence-corrected chi connectivity index (χ3v) is 6.24. The summed E-state index contributed by atoms with van der Waals surface area (Å²) < 4.78 is 0. The molecule has 0 radical (unpaired) electrons. The number of carbonyl (C=O) groups is 3. The van der Waals surface area contributed by atoms with Crippen molar-refractivity contribution >= 4 is 28.6 Å². The largest absolute Gasteiger partial charge is 0.480 e. The number of fused-ring (bicyclic) bond motifs is 1. The molecular formula is C25H33N3O4. The molecule has 7 nitrogen and oxygen atoms in total. The Morgan fingerprint density at radius 1 is 1.06 bits per heavy atom. The van der Waals surface area contributed by atoms with Crippen LogP contribution in [0.15, 0.2) is 42.5 Å². The van der Waals surface area contributed by atoms with Crippen molar-refractivity contribution in [3.63, 3.8) is 0 Å². The molecule has 4 N–H and O–H groups in total. The molecule has 1 aliphatic carbocycles. The van der Waals surface area contributed by atoms with Gasteiger partial charge in [-0.1, -0.05) is 69.4 Å². The summed E-state index contributed by atoms with van der Waals surface area (Å²) in [5, 5.41) is 13.7. The number of nitrogens with zero attached hydrogens (tertiary/aromatic N) is 1. The highest BCUT2D eigenvalue weighted by Gasteiger charge is 2.37. The van der Waals surface area contributed by atoms with Gasteiger partial charge in [0.2, 0.25) is 5.91 Å². The maximum Gasteiger partial charge on any atom is 0.326 e. The van der Waals surface area contributed by atoms with Crippen LogP contribution in [0.3, 0.4) is 0 Å². The van der Waals surface area contributed by atoms with E-state index in [1.54, 1.807) is 12.1 Å². The highest BCUT2D eigenvalue weighted by molar-refractivity contribution is 6.00. The van der Waals surface area contributed by atoms with E-state index in [1.807, 2.05) is 30.3 Å². The van der Waals surface area contributed by atoms with Gasteiger partial charge in [0.1, 0.15) is 6.04 Å². The molecule has 1 heterocycles. The molecule has 2 fully saturated rings. The summed E-state index contributed by atoms with van der Waals surface area (Å²) in [4.78, 5) is 36.9. The van der Waals surface area contributed by atoms with E-state index in [4.69, 9.17) is 10.8 Å². The zero-order valence-electron chi connectivity index (χ0n) is 18.6. The second kappa shape index (κ2) is 11.1. The lowest BCUT2D eigenvalue weighted by atomic mass is 9.91. The molecule has 4 rings (SSSR count). The van der Waals surface area contributed by atoms with Crippen LogP contribution in [0.2, 0.25) is 0 Å². The first-order valence-electron chi connectivity index (χ1n) is 11.4. The van der Waals surface area contributed by atoms with Crippen LogP contribution in [0.4, 0.5) is 0 Å². The lowest BCUT2D eigenvalue weighted by Gasteiger charge is -2.21. The van der Waals surface area contributed by atoms with Crippen molar-refractivity contribution in [3.8, 4) is 0 Å². The van der Waals surface area contributed by atoms with Gasteiger partial charge in [0.25, 0.3) is 5.91 Å². The third-order valence-electron chi connectivity index (χ3n) is 6.24. The van der Waals surface area contributed by atoms with Crippen molar-refractivity contribution in [1.29, 1.82) is 0 Å². The van der Waals surface area contributed by atoms with E-state index >= 15 is 0 Å². The number of hydrogen-bond acceptors (Lipinski definition) is 4. The molecule has 2 atom stereocenters. The molecule has 7 heteroatoms. The van der Waals surface area contributed by atoms with Crippen LogP contribution in [0.5, 0.6) is 0 Å². The number of hydrogen-bond donors (Lipinski definition) is 3. The molecule has 2 unspecified atom stereocenters. The van der Waals surface area contributed by atoms with E-state index in [0.717, 1.165) is 16.7 Å². The van der Waals surface area contributed by atoms with Gasteiger partial charge in [-0.25, -0.2) is 4.79 Å². The average Bonchev–Trinajstić information content (AvgIpc) is 3.20. The van der Waals surface area contributed by atoms with Gasteiger partial charge in [0.05, 0.1) is 6.54 Å². The average molecular weight is 440 g/mol. The number of nitrogens with two attached hydrogens (primary N) is 1. The fourth-order valence-electron chi connectivity index (χ4n) is 4.37. The second-order valence-corrected chi connectivity index (χ2v) is 8.88. The van der Waals surface area contributed by atoms with Crippen LogP contribution < -0.4 is 11.1 Å². The Kier molecular flexibility index (Phi) is 8.22. The Labute approximate surface area is 189 Å². The van der Waals surface area contributed by atoms with E-state index in [9.17, 15) is 14.4 Å². The molecule has 2 aromatic rings. The Hall–Kier alpha value is -2.93. The van der Waals surface area contributed by atoms with Gasteiger partial charge in [-0.3, -0.25) is 9.59 Å². The summed E-state index contributed by atoms with van der Waals surface area (Å²) in [5.41, 5.74) is 6.19. The summed E-state index contributed by atoms with van der Waals surface area (Å²) in [5.74, 6) is -0.875. The molecule has 2 aliphatic rings. The normalized spacial score (nSPS) is 21.0. The van der Waals surface area contributed by atoms with Crippen LogP contribution in [-0.4, -0.2) is 53.0 Å². The minimum atomic E-state index is -1.08. The molecule has 32 heavy (non-hydrogen) atoms. The van der Waals surface area contributed by atoms with Crippen molar-refractivity contribution in [1.82, 2.24) is 10.2 Å². The first-order valence-corrected chi connectivity index (χ1v) is 11.4. The number of carboxylic acid groups (broad SMARTS) is 1. The number of carbonyl (C=O) groups excluding carboxylic acids is 2. The SMILES string of the molecule is CC1CCCCC1.NC1CC(C(=O)O)N(C(=O)CNC(=O)c2ccc3ccccc3c2)C1. The van der Waals surface area contributed by atoms with Crippen LogP contribution in [-0.2, 0) is 9.59 Å². The summed E-state index contributed by atoms with van der Waals surface area (Å²) in [6.45, 7) is 2.28. The van der Waals surface area contributed by atoms with E-state index < -0.39 is 17.9 Å². The zero-order valence-corrected chi connectivity index (χ0v) is 18.6. The predicted octanol–water partition coefficient (Wildman–Crippen LogP) is 3.17. The summed E-state index contributed by atoms with van der Waals surface area (Å²) in [7, 11) is 0. The molecule has 0 spiro atoms. The minimum Gasteiger partial charge on any atom is -0.480 e. The van der Waals surface area contributed by atoms with E-state index in [-0.39, 0.29) is 31.5 Å². The lowest BCUT2D eigenvalue weighted by Crippen LogP contribution is -2.45. The first kappa shape index (κ1) is 23.7. The number of benzene rings is 2. The summed E-state index contributed by atoms with van der Waals surface area (Å²) >= 11 is 0. The Morgan fingerprint density at radius 2 is 1.75 bits per heavy atom. The first-order chi connectivity index (χ1) is 15.3. The quantitative estimate of drug-likeness (QED) is 0.677. The minimum absolute atomic E-state index is 0.182. The van der Waals surface area contributed by atoms with Crippen molar-refractivity contribution in [2.45, 2.75) is 57.5 Å². The van der Waals surface area contributed by atoms with Crippen molar-refractivity contribution in [2.24, 2.45) is 11.7 Å². The second-order valence-electron chi connectivity index (χ2n) is 8.88. The Balaban J connectivity index is 0.000000352. The summed E-state index contributed by atoms with van der Waals surface area (Å²) in [6.07, 6.45) is 7.66. The lowest BCUT2D eigenvalue weighted by molar-refractivity contribution is -0.147. The summed E-state index contributed by atoms with van der Waals surface area (Å²) in [6, 6.07) is 11.6. The van der Waals surface area contributed by atoms with Crippen molar-refractivity contribution in [3.05, 3.63) is 48.0 Å². The highest BCUT2D eigenvalue weighted by Crippen LogP contribution is 2.22. The molecule has 2 amide bonds. The maximum absolute atomic E-state index is 12.3. The van der Waals surface area contributed by atoms with E-state index in [0.29, 0.717) is 5.56 Å². The van der Waals surface area contributed by atoms with Gasteiger partial charge in [-0.15, -0.1) is 0 Å². The number of amides is 2. The predicted molar refractivity (Wildman–Crippen MR) is 124 cm³/mol. The molecule has 172 valence electrons. The molecule has 1 saturated heterocycles.